The summed E-state index contributed by atoms with van der Waals surface area (Å²) in [5, 5.41) is 0. The number of rotatable bonds is 4. The first-order chi connectivity index (χ1) is 9.47. The SMILES string of the molecule is Cc1ccc(OCC(=O)N2CC[C@@H](C(N)=O)C2)c(Br)c1. The summed E-state index contributed by atoms with van der Waals surface area (Å²) in [5.41, 5.74) is 6.36. The van der Waals surface area contributed by atoms with Crippen LogP contribution in [-0.4, -0.2) is 36.4 Å². The number of likely N-dealkylation sites (tertiary alicyclic amines) is 1. The van der Waals surface area contributed by atoms with Crippen LogP contribution < -0.4 is 10.5 Å². The molecule has 0 spiro atoms. The third-order valence-electron chi connectivity index (χ3n) is 3.38. The predicted molar refractivity (Wildman–Crippen MR) is 78.3 cm³/mol. The zero-order chi connectivity index (χ0) is 14.7. The van der Waals surface area contributed by atoms with E-state index in [1.54, 1.807) is 4.90 Å². The lowest BCUT2D eigenvalue weighted by atomic mass is 10.1. The maximum atomic E-state index is 12.0. The number of ether oxygens (including phenoxy) is 1. The van der Waals surface area contributed by atoms with Gasteiger partial charge in [0.2, 0.25) is 5.91 Å². The smallest absolute Gasteiger partial charge is 0.260 e. The van der Waals surface area contributed by atoms with Gasteiger partial charge in [-0.2, -0.15) is 0 Å². The van der Waals surface area contributed by atoms with Gasteiger partial charge in [0.05, 0.1) is 10.4 Å². The van der Waals surface area contributed by atoms with Gasteiger partial charge in [-0.15, -0.1) is 0 Å². The molecule has 0 unspecified atom stereocenters. The molecule has 1 aliphatic heterocycles. The molecule has 1 atom stereocenters. The van der Waals surface area contributed by atoms with Crippen LogP contribution in [0.2, 0.25) is 0 Å². The van der Waals surface area contributed by atoms with E-state index in [0.29, 0.717) is 25.3 Å². The van der Waals surface area contributed by atoms with Crippen molar-refractivity contribution < 1.29 is 14.3 Å². The van der Waals surface area contributed by atoms with Crippen LogP contribution in [0.5, 0.6) is 5.75 Å². The van der Waals surface area contributed by atoms with Crippen molar-refractivity contribution in [1.29, 1.82) is 0 Å². The predicted octanol–water partition coefficient (Wildman–Crippen LogP) is 1.47. The van der Waals surface area contributed by atoms with Crippen LogP contribution in [0, 0.1) is 12.8 Å². The Kier molecular flexibility index (Phi) is 4.65. The molecule has 0 bridgehead atoms. The molecule has 1 heterocycles. The molecule has 2 N–H and O–H groups in total. The Morgan fingerprint density at radius 2 is 2.25 bits per heavy atom. The molecule has 2 rings (SSSR count). The fourth-order valence-electron chi connectivity index (χ4n) is 2.17. The van der Waals surface area contributed by atoms with Crippen molar-refractivity contribution in [3.05, 3.63) is 28.2 Å². The van der Waals surface area contributed by atoms with Crippen molar-refractivity contribution in [2.24, 2.45) is 11.7 Å². The summed E-state index contributed by atoms with van der Waals surface area (Å²) in [7, 11) is 0. The average molecular weight is 341 g/mol. The van der Waals surface area contributed by atoms with Crippen LogP contribution in [0.1, 0.15) is 12.0 Å². The van der Waals surface area contributed by atoms with Crippen LogP contribution in [0.3, 0.4) is 0 Å². The Balaban J connectivity index is 1.88. The normalized spacial score (nSPS) is 18.1. The highest BCUT2D eigenvalue weighted by Gasteiger charge is 2.29. The Hall–Kier alpha value is -1.56. The molecule has 5 nitrogen and oxygen atoms in total. The number of amides is 2. The minimum atomic E-state index is -0.345. The Labute approximate surface area is 126 Å². The van der Waals surface area contributed by atoms with Gasteiger partial charge in [-0.05, 0) is 47.0 Å². The van der Waals surface area contributed by atoms with E-state index >= 15 is 0 Å². The van der Waals surface area contributed by atoms with E-state index < -0.39 is 0 Å². The van der Waals surface area contributed by atoms with Crippen LogP contribution in [0.15, 0.2) is 22.7 Å². The third kappa shape index (κ3) is 3.50. The molecule has 1 aromatic rings. The quantitative estimate of drug-likeness (QED) is 0.901. The Morgan fingerprint density at radius 3 is 2.85 bits per heavy atom. The summed E-state index contributed by atoms with van der Waals surface area (Å²) in [6, 6.07) is 5.67. The number of carbonyl (C=O) groups is 2. The fraction of sp³-hybridized carbons (Fsp3) is 0.429. The van der Waals surface area contributed by atoms with Crippen molar-refractivity contribution in [3.63, 3.8) is 0 Å². The number of benzene rings is 1. The van der Waals surface area contributed by atoms with E-state index in [1.807, 2.05) is 25.1 Å². The lowest BCUT2D eigenvalue weighted by Crippen LogP contribution is -2.34. The van der Waals surface area contributed by atoms with Crippen LogP contribution in [0.4, 0.5) is 0 Å². The number of hydrogen-bond acceptors (Lipinski definition) is 3. The first kappa shape index (κ1) is 14.8. The van der Waals surface area contributed by atoms with Crippen molar-refractivity contribution >= 4 is 27.7 Å². The molecule has 20 heavy (non-hydrogen) atoms. The molecule has 1 aromatic carbocycles. The molecule has 0 aromatic heterocycles. The molecule has 1 fully saturated rings. The third-order valence-corrected chi connectivity index (χ3v) is 4.00. The van der Waals surface area contributed by atoms with Gasteiger partial charge in [0.15, 0.2) is 6.61 Å². The van der Waals surface area contributed by atoms with Gasteiger partial charge in [-0.25, -0.2) is 0 Å². The zero-order valence-electron chi connectivity index (χ0n) is 11.3. The highest BCUT2D eigenvalue weighted by Crippen LogP contribution is 2.26. The molecule has 0 saturated carbocycles. The first-order valence-electron chi connectivity index (χ1n) is 6.43. The second kappa shape index (κ2) is 6.26. The molecule has 108 valence electrons. The summed E-state index contributed by atoms with van der Waals surface area (Å²) >= 11 is 3.40. The van der Waals surface area contributed by atoms with Crippen molar-refractivity contribution in [3.8, 4) is 5.75 Å². The van der Waals surface area contributed by atoms with Gasteiger partial charge < -0.3 is 15.4 Å². The van der Waals surface area contributed by atoms with Crippen LogP contribution in [0.25, 0.3) is 0 Å². The molecule has 0 aliphatic carbocycles. The number of aryl methyl sites for hydroxylation is 1. The lowest BCUT2D eigenvalue weighted by Gasteiger charge is -2.16. The summed E-state index contributed by atoms with van der Waals surface area (Å²) in [6.07, 6.45) is 0.634. The van der Waals surface area contributed by atoms with Crippen molar-refractivity contribution in [1.82, 2.24) is 4.90 Å². The van der Waals surface area contributed by atoms with E-state index in [0.717, 1.165) is 10.0 Å². The monoisotopic (exact) mass is 340 g/mol. The number of hydrogen-bond donors (Lipinski definition) is 1. The second-order valence-corrected chi connectivity index (χ2v) is 5.80. The van der Waals surface area contributed by atoms with Gasteiger partial charge >= 0.3 is 0 Å². The van der Waals surface area contributed by atoms with E-state index in [1.165, 1.54) is 0 Å². The van der Waals surface area contributed by atoms with E-state index in [9.17, 15) is 9.59 Å². The van der Waals surface area contributed by atoms with Crippen molar-refractivity contribution in [2.75, 3.05) is 19.7 Å². The molecule has 6 heteroatoms. The number of nitrogens with zero attached hydrogens (tertiary/aromatic N) is 1. The van der Waals surface area contributed by atoms with Gasteiger partial charge in [0, 0.05) is 13.1 Å². The largest absolute Gasteiger partial charge is 0.483 e. The van der Waals surface area contributed by atoms with Crippen molar-refractivity contribution in [2.45, 2.75) is 13.3 Å². The first-order valence-corrected chi connectivity index (χ1v) is 7.22. The summed E-state index contributed by atoms with van der Waals surface area (Å²) in [5.74, 6) is -0.0663. The molecular formula is C14H17BrN2O3. The standard InChI is InChI=1S/C14H17BrN2O3/c1-9-2-3-12(11(15)6-9)20-8-13(18)17-5-4-10(7-17)14(16)19/h2-3,6,10H,4-5,7-8H2,1H3,(H2,16,19)/t10-/m1/s1. The zero-order valence-corrected chi connectivity index (χ0v) is 12.9. The molecule has 1 saturated heterocycles. The minimum Gasteiger partial charge on any atom is -0.483 e. The minimum absolute atomic E-state index is 0.0346. The fourth-order valence-corrected chi connectivity index (χ4v) is 2.78. The summed E-state index contributed by atoms with van der Waals surface area (Å²) < 4.78 is 6.33. The maximum absolute atomic E-state index is 12.0. The average Bonchev–Trinajstić information content (AvgIpc) is 2.87. The lowest BCUT2D eigenvalue weighted by molar-refractivity contribution is -0.132. The summed E-state index contributed by atoms with van der Waals surface area (Å²) in [6.45, 7) is 2.90. The topological polar surface area (TPSA) is 72.6 Å². The van der Waals surface area contributed by atoms with Crippen LogP contribution in [-0.2, 0) is 9.59 Å². The number of primary amides is 1. The van der Waals surface area contributed by atoms with Crippen LogP contribution >= 0.6 is 15.9 Å². The Bertz CT molecular complexity index is 533. The molecule has 0 radical (unpaired) electrons. The molecule has 2 amide bonds. The number of halogens is 1. The van der Waals surface area contributed by atoms with E-state index in [2.05, 4.69) is 15.9 Å². The second-order valence-electron chi connectivity index (χ2n) is 4.95. The van der Waals surface area contributed by atoms with E-state index in [4.69, 9.17) is 10.5 Å². The molecule has 1 aliphatic rings. The van der Waals surface area contributed by atoms with Gasteiger partial charge in [-0.1, -0.05) is 6.07 Å². The highest BCUT2D eigenvalue weighted by molar-refractivity contribution is 9.10. The van der Waals surface area contributed by atoms with Gasteiger partial charge in [0.25, 0.3) is 5.91 Å². The van der Waals surface area contributed by atoms with Gasteiger partial charge in [0.1, 0.15) is 5.75 Å². The maximum Gasteiger partial charge on any atom is 0.260 e. The highest BCUT2D eigenvalue weighted by atomic mass is 79.9. The summed E-state index contributed by atoms with van der Waals surface area (Å²) in [4.78, 5) is 24.7. The van der Waals surface area contributed by atoms with Gasteiger partial charge in [-0.3, -0.25) is 9.59 Å². The molecular weight excluding hydrogens is 324 g/mol. The Morgan fingerprint density at radius 1 is 1.50 bits per heavy atom. The van der Waals surface area contributed by atoms with E-state index in [-0.39, 0.29) is 24.3 Å². The number of nitrogens with two attached hydrogens (primary N) is 1. The number of carbonyl (C=O) groups excluding carboxylic acids is 2.